The molecule has 2 aromatic rings. The van der Waals surface area contributed by atoms with Gasteiger partial charge in [0.25, 0.3) is 0 Å². The first-order chi connectivity index (χ1) is 18.3. The summed E-state index contributed by atoms with van der Waals surface area (Å²) in [5, 5.41) is 13.0. The maximum atomic E-state index is 14.1. The highest BCUT2D eigenvalue weighted by Crippen LogP contribution is 2.32. The summed E-state index contributed by atoms with van der Waals surface area (Å²) in [5.74, 6) is 0.614. The van der Waals surface area contributed by atoms with Gasteiger partial charge in [-0.3, -0.25) is 4.79 Å². The van der Waals surface area contributed by atoms with E-state index in [0.717, 1.165) is 30.5 Å². The molecule has 13 heteroatoms. The van der Waals surface area contributed by atoms with Crippen molar-refractivity contribution in [2.45, 2.75) is 69.5 Å². The lowest BCUT2D eigenvalue weighted by Gasteiger charge is -2.43. The van der Waals surface area contributed by atoms with E-state index in [-0.39, 0.29) is 17.0 Å². The van der Waals surface area contributed by atoms with Crippen LogP contribution in [0.2, 0.25) is 0 Å². The molecular weight excluding hydrogens is 506 g/mol. The Morgan fingerprint density at radius 1 is 1.26 bits per heavy atom. The number of rotatable bonds is 9. The minimum Gasteiger partial charge on any atom is -0.383 e. The zero-order valence-corrected chi connectivity index (χ0v) is 22.7. The quantitative estimate of drug-likeness (QED) is 0.380. The molecule has 3 aliphatic heterocycles. The molecule has 0 aliphatic carbocycles. The lowest BCUT2D eigenvalue weighted by atomic mass is 9.95. The number of hydrogen-bond acceptors (Lipinski definition) is 9. The van der Waals surface area contributed by atoms with E-state index in [9.17, 15) is 13.2 Å². The van der Waals surface area contributed by atoms with Crippen LogP contribution in [0.3, 0.4) is 0 Å². The first kappa shape index (κ1) is 26.6. The Balaban J connectivity index is 1.39. The Bertz CT molecular complexity index is 1240. The number of fused-ring (bicyclic) bond motifs is 1. The van der Waals surface area contributed by atoms with E-state index >= 15 is 0 Å². The fraction of sp³-hybridized carbons (Fsp3) is 0.600. The number of para-hydroxylation sites is 1. The molecule has 4 N–H and O–H groups in total. The summed E-state index contributed by atoms with van der Waals surface area (Å²) in [6.45, 7) is 5.89. The molecule has 4 heterocycles. The van der Waals surface area contributed by atoms with Crippen LogP contribution in [-0.2, 0) is 27.7 Å². The number of piperidine rings is 1. The molecule has 3 aliphatic rings. The first-order valence-corrected chi connectivity index (χ1v) is 14.8. The number of aryl methyl sites for hydroxylation is 1. The van der Waals surface area contributed by atoms with Crippen LogP contribution in [0.1, 0.15) is 50.8 Å². The largest absolute Gasteiger partial charge is 0.383 e. The number of hydrazine groups is 1. The van der Waals surface area contributed by atoms with Gasteiger partial charge in [-0.25, -0.2) is 18.9 Å². The highest BCUT2D eigenvalue weighted by atomic mass is 32.2. The van der Waals surface area contributed by atoms with Crippen molar-refractivity contribution in [2.75, 3.05) is 25.1 Å². The van der Waals surface area contributed by atoms with Crippen molar-refractivity contribution >= 4 is 21.6 Å². The van der Waals surface area contributed by atoms with Crippen LogP contribution in [-0.4, -0.2) is 66.2 Å². The summed E-state index contributed by atoms with van der Waals surface area (Å²) in [6, 6.07) is 4.44. The van der Waals surface area contributed by atoms with Gasteiger partial charge >= 0.3 is 0 Å². The summed E-state index contributed by atoms with van der Waals surface area (Å²) >= 11 is 0. The third-order valence-electron chi connectivity index (χ3n) is 7.63. The zero-order valence-electron chi connectivity index (χ0n) is 21.9. The number of H-pyrrole nitrogens is 1. The third kappa shape index (κ3) is 5.84. The number of carbonyl (C=O) groups is 1. The predicted octanol–water partition coefficient (Wildman–Crippen LogP) is 2.41. The standard InChI is InChI=1S/C25H37N9O3S/c1-17-9-10-33(23(12-17)34-16-29-31-32-34)25(35)21(7-4-6-20-14-26-15-28-20)30-38(36,37)22-8-3-5-19-11-18(2)13-27-24(19)22/h3,5,8,14-15,17-18,21,23,27,30H,4,6-7,9-13,16H2,1-2H3,(H,26,28)(H,29,32). The van der Waals surface area contributed by atoms with Gasteiger partial charge in [-0.05, 0) is 62.0 Å². The minimum atomic E-state index is -3.98. The van der Waals surface area contributed by atoms with Gasteiger partial charge in [-0.15, -0.1) is 0 Å². The third-order valence-corrected chi connectivity index (χ3v) is 9.14. The zero-order chi connectivity index (χ0) is 26.7. The Morgan fingerprint density at radius 2 is 2.13 bits per heavy atom. The van der Waals surface area contributed by atoms with Crippen molar-refractivity contribution in [3.8, 4) is 0 Å². The minimum absolute atomic E-state index is 0.191. The number of sulfonamides is 1. The van der Waals surface area contributed by atoms with E-state index in [4.69, 9.17) is 0 Å². The molecule has 1 aromatic carbocycles. The SMILES string of the molecule is CC1CNc2c(cccc2S(=O)(=O)NC(CCCc2cnc[nH]2)C(=O)N2CCC(C)CC2N2CN=NN2)C1. The van der Waals surface area contributed by atoms with Crippen molar-refractivity contribution in [3.05, 3.63) is 42.0 Å². The van der Waals surface area contributed by atoms with Gasteiger partial charge in [0.2, 0.25) is 15.9 Å². The number of aromatic nitrogens is 2. The van der Waals surface area contributed by atoms with Crippen LogP contribution in [0.25, 0.3) is 0 Å². The normalized spacial score (nSPS) is 24.5. The first-order valence-electron chi connectivity index (χ1n) is 13.4. The topological polar surface area (TPSA) is 147 Å². The molecule has 1 aromatic heterocycles. The molecule has 0 saturated carbocycles. The van der Waals surface area contributed by atoms with E-state index in [1.54, 1.807) is 29.6 Å². The average Bonchev–Trinajstić information content (AvgIpc) is 3.62. The summed E-state index contributed by atoms with van der Waals surface area (Å²) in [5.41, 5.74) is 5.45. The highest BCUT2D eigenvalue weighted by Gasteiger charge is 2.39. The van der Waals surface area contributed by atoms with E-state index in [1.807, 2.05) is 11.1 Å². The Kier molecular flexibility index (Phi) is 7.96. The van der Waals surface area contributed by atoms with Crippen molar-refractivity contribution in [1.29, 1.82) is 0 Å². The fourth-order valence-corrected chi connectivity index (χ4v) is 6.99. The maximum Gasteiger partial charge on any atom is 0.243 e. The van der Waals surface area contributed by atoms with Crippen molar-refractivity contribution < 1.29 is 13.2 Å². The molecule has 12 nitrogen and oxygen atoms in total. The fourth-order valence-electron chi connectivity index (χ4n) is 5.54. The summed E-state index contributed by atoms with van der Waals surface area (Å²) in [4.78, 5) is 23.2. The number of amides is 1. The molecule has 4 atom stereocenters. The lowest BCUT2D eigenvalue weighted by Crippen LogP contribution is -2.60. The van der Waals surface area contributed by atoms with Crippen molar-refractivity contribution in [2.24, 2.45) is 22.2 Å². The van der Waals surface area contributed by atoms with Crippen LogP contribution in [0.5, 0.6) is 0 Å². The van der Waals surface area contributed by atoms with Crippen LogP contribution in [0, 0.1) is 11.8 Å². The number of hydrogen-bond donors (Lipinski definition) is 4. The predicted molar refractivity (Wildman–Crippen MR) is 142 cm³/mol. The molecule has 1 saturated heterocycles. The Hall–Kier alpha value is -3.03. The highest BCUT2D eigenvalue weighted by molar-refractivity contribution is 7.89. The smallest absolute Gasteiger partial charge is 0.243 e. The lowest BCUT2D eigenvalue weighted by molar-refractivity contribution is -0.144. The van der Waals surface area contributed by atoms with Crippen molar-refractivity contribution in [1.82, 2.24) is 30.1 Å². The van der Waals surface area contributed by atoms with Gasteiger partial charge in [-0.1, -0.05) is 31.2 Å². The van der Waals surface area contributed by atoms with E-state index in [0.29, 0.717) is 56.5 Å². The molecule has 0 spiro atoms. The van der Waals surface area contributed by atoms with Gasteiger partial charge < -0.3 is 15.2 Å². The second-order valence-electron chi connectivity index (χ2n) is 10.7. The summed E-state index contributed by atoms with van der Waals surface area (Å²) < 4.78 is 30.3. The summed E-state index contributed by atoms with van der Waals surface area (Å²) in [6.07, 6.45) is 7.17. The molecule has 38 heavy (non-hydrogen) atoms. The second-order valence-corrected chi connectivity index (χ2v) is 12.4. The van der Waals surface area contributed by atoms with Crippen molar-refractivity contribution in [3.63, 3.8) is 0 Å². The monoisotopic (exact) mass is 543 g/mol. The molecule has 5 rings (SSSR count). The number of aromatic amines is 1. The maximum absolute atomic E-state index is 14.1. The van der Waals surface area contributed by atoms with Gasteiger partial charge in [0.05, 0.1) is 12.0 Å². The molecule has 1 amide bonds. The summed E-state index contributed by atoms with van der Waals surface area (Å²) in [7, 11) is -3.98. The van der Waals surface area contributed by atoms with E-state index < -0.39 is 16.1 Å². The Morgan fingerprint density at radius 3 is 2.89 bits per heavy atom. The average molecular weight is 544 g/mol. The van der Waals surface area contributed by atoms with Gasteiger partial charge in [-0.2, -0.15) is 14.8 Å². The van der Waals surface area contributed by atoms with E-state index in [1.165, 1.54) is 0 Å². The molecule has 0 bridgehead atoms. The van der Waals surface area contributed by atoms with Crippen LogP contribution < -0.4 is 15.6 Å². The van der Waals surface area contributed by atoms with Gasteiger partial charge in [0.15, 0.2) is 0 Å². The number of carbonyl (C=O) groups excluding carboxylic acids is 1. The number of imidazole rings is 1. The number of likely N-dealkylation sites (tertiary alicyclic amines) is 1. The van der Waals surface area contributed by atoms with Crippen LogP contribution in [0.15, 0.2) is 46.0 Å². The molecule has 4 unspecified atom stereocenters. The molecular formula is C25H37N9O3S. The molecule has 0 radical (unpaired) electrons. The second kappa shape index (κ2) is 11.4. The molecule has 206 valence electrons. The number of anilines is 1. The number of nitrogens with one attached hydrogen (secondary N) is 4. The Labute approximate surface area is 223 Å². The number of benzene rings is 1. The van der Waals surface area contributed by atoms with Gasteiger partial charge in [0, 0.05) is 25.0 Å². The van der Waals surface area contributed by atoms with Gasteiger partial charge in [0.1, 0.15) is 23.8 Å². The number of nitrogens with zero attached hydrogens (tertiary/aromatic N) is 5. The van der Waals surface area contributed by atoms with Crippen LogP contribution in [0.4, 0.5) is 5.69 Å². The molecule has 1 fully saturated rings. The van der Waals surface area contributed by atoms with E-state index in [2.05, 4.69) is 49.7 Å². The van der Waals surface area contributed by atoms with Crippen LogP contribution >= 0.6 is 0 Å².